The summed E-state index contributed by atoms with van der Waals surface area (Å²) < 4.78 is 14.5. The second-order valence-electron chi connectivity index (χ2n) is 6.74. The molecule has 3 N–H and O–H groups in total. The Hall–Kier alpha value is -2.50. The first-order valence-corrected chi connectivity index (χ1v) is 9.04. The molecule has 0 aliphatic carbocycles. The first kappa shape index (κ1) is 16.9. The van der Waals surface area contributed by atoms with Crippen molar-refractivity contribution in [1.29, 1.82) is 0 Å². The molecule has 0 atom stereocenters. The molecule has 5 heteroatoms. The van der Waals surface area contributed by atoms with Crippen molar-refractivity contribution in [3.05, 3.63) is 70.5 Å². The summed E-state index contributed by atoms with van der Waals surface area (Å²) in [6, 6.07) is 10.7. The van der Waals surface area contributed by atoms with Crippen molar-refractivity contribution in [1.82, 2.24) is 10.6 Å². The van der Waals surface area contributed by atoms with Gasteiger partial charge in [-0.05, 0) is 66.9 Å². The van der Waals surface area contributed by atoms with E-state index in [2.05, 4.69) is 22.0 Å². The summed E-state index contributed by atoms with van der Waals surface area (Å²) >= 11 is 0. The van der Waals surface area contributed by atoms with E-state index >= 15 is 0 Å². The van der Waals surface area contributed by atoms with Gasteiger partial charge in [0, 0.05) is 29.9 Å². The van der Waals surface area contributed by atoms with Gasteiger partial charge in [0.2, 0.25) is 0 Å². The zero-order valence-electron chi connectivity index (χ0n) is 14.6. The summed E-state index contributed by atoms with van der Waals surface area (Å²) in [5.41, 5.74) is 5.17. The highest BCUT2D eigenvalue weighted by molar-refractivity contribution is 6.04. The fraction of sp³-hybridized carbons (Fsp3) is 0.286. The lowest BCUT2D eigenvalue weighted by Crippen LogP contribution is -2.23. The number of halogens is 1. The molecule has 0 aromatic heterocycles. The van der Waals surface area contributed by atoms with Crippen molar-refractivity contribution in [2.75, 3.05) is 25.0 Å². The SMILES string of the molecule is O=C(Nc1ccc2c(c1)CNCC2)c1ccc(C2=CCNCC2)c(F)c1. The third kappa shape index (κ3) is 3.54. The normalized spacial score (nSPS) is 16.6. The quantitative estimate of drug-likeness (QED) is 0.796. The van der Waals surface area contributed by atoms with Crippen LogP contribution in [0.25, 0.3) is 5.57 Å². The van der Waals surface area contributed by atoms with Crippen LogP contribution in [0.2, 0.25) is 0 Å². The second-order valence-corrected chi connectivity index (χ2v) is 6.74. The molecule has 2 aliphatic rings. The zero-order chi connectivity index (χ0) is 17.9. The number of benzene rings is 2. The van der Waals surface area contributed by atoms with Crippen LogP contribution in [0.1, 0.15) is 33.5 Å². The minimum Gasteiger partial charge on any atom is -0.322 e. The molecule has 0 radical (unpaired) electrons. The molecular formula is C21H22FN3O. The number of nitrogens with one attached hydrogen (secondary N) is 3. The monoisotopic (exact) mass is 351 g/mol. The van der Waals surface area contributed by atoms with E-state index in [9.17, 15) is 9.18 Å². The van der Waals surface area contributed by atoms with Gasteiger partial charge in [0.1, 0.15) is 5.82 Å². The van der Waals surface area contributed by atoms with Crippen LogP contribution < -0.4 is 16.0 Å². The van der Waals surface area contributed by atoms with Gasteiger partial charge < -0.3 is 16.0 Å². The van der Waals surface area contributed by atoms with E-state index in [1.165, 1.54) is 17.2 Å². The van der Waals surface area contributed by atoms with E-state index in [4.69, 9.17) is 0 Å². The fourth-order valence-electron chi connectivity index (χ4n) is 3.55. The molecule has 0 bridgehead atoms. The van der Waals surface area contributed by atoms with Crippen LogP contribution in [0.3, 0.4) is 0 Å². The van der Waals surface area contributed by atoms with Gasteiger partial charge >= 0.3 is 0 Å². The smallest absolute Gasteiger partial charge is 0.255 e. The molecular weight excluding hydrogens is 329 g/mol. The molecule has 1 amide bonds. The molecule has 0 unspecified atom stereocenters. The fourth-order valence-corrected chi connectivity index (χ4v) is 3.55. The standard InChI is InChI=1S/C21H22FN3O/c22-20-12-16(2-4-19(20)15-6-8-23-9-7-15)21(26)25-18-3-1-14-5-10-24-13-17(14)11-18/h1-4,6,11-12,23-24H,5,7-10,13H2,(H,25,26). The summed E-state index contributed by atoms with van der Waals surface area (Å²) in [5, 5.41) is 9.42. The molecule has 134 valence electrons. The number of hydrogen-bond donors (Lipinski definition) is 3. The largest absolute Gasteiger partial charge is 0.322 e. The Bertz CT molecular complexity index is 876. The van der Waals surface area contributed by atoms with Gasteiger partial charge in [-0.1, -0.05) is 18.2 Å². The number of anilines is 1. The van der Waals surface area contributed by atoms with E-state index in [0.29, 0.717) is 11.1 Å². The molecule has 26 heavy (non-hydrogen) atoms. The van der Waals surface area contributed by atoms with Crippen LogP contribution in [-0.4, -0.2) is 25.5 Å². The minimum atomic E-state index is -0.347. The number of amides is 1. The molecule has 0 fully saturated rings. The summed E-state index contributed by atoms with van der Waals surface area (Å²) in [4.78, 5) is 12.5. The van der Waals surface area contributed by atoms with Gasteiger partial charge in [-0.15, -0.1) is 0 Å². The summed E-state index contributed by atoms with van der Waals surface area (Å²) in [6.07, 6.45) is 3.80. The molecule has 2 aliphatic heterocycles. The van der Waals surface area contributed by atoms with Crippen LogP contribution in [0, 0.1) is 5.82 Å². The highest BCUT2D eigenvalue weighted by atomic mass is 19.1. The summed E-state index contributed by atoms with van der Waals surface area (Å²) in [7, 11) is 0. The second kappa shape index (κ2) is 7.40. The van der Waals surface area contributed by atoms with Crippen molar-refractivity contribution in [3.8, 4) is 0 Å². The van der Waals surface area contributed by atoms with Gasteiger partial charge in [0.15, 0.2) is 0 Å². The Morgan fingerprint density at radius 2 is 1.88 bits per heavy atom. The van der Waals surface area contributed by atoms with Gasteiger partial charge in [-0.2, -0.15) is 0 Å². The number of carbonyl (C=O) groups is 1. The van der Waals surface area contributed by atoms with E-state index in [1.54, 1.807) is 12.1 Å². The Morgan fingerprint density at radius 1 is 1.00 bits per heavy atom. The van der Waals surface area contributed by atoms with E-state index in [1.807, 2.05) is 18.2 Å². The average Bonchev–Trinajstić information content (AvgIpc) is 2.68. The van der Waals surface area contributed by atoms with Crippen molar-refractivity contribution >= 4 is 17.2 Å². The predicted molar refractivity (Wildman–Crippen MR) is 102 cm³/mol. The number of rotatable bonds is 3. The Balaban J connectivity index is 1.51. The van der Waals surface area contributed by atoms with Crippen LogP contribution in [0.4, 0.5) is 10.1 Å². The van der Waals surface area contributed by atoms with E-state index in [0.717, 1.165) is 50.3 Å². The van der Waals surface area contributed by atoms with Crippen LogP contribution >= 0.6 is 0 Å². The van der Waals surface area contributed by atoms with Gasteiger partial charge in [-0.25, -0.2) is 4.39 Å². The summed E-state index contributed by atoms with van der Waals surface area (Å²) in [5.74, 6) is -0.640. The highest BCUT2D eigenvalue weighted by Crippen LogP contribution is 2.24. The molecule has 2 aromatic carbocycles. The van der Waals surface area contributed by atoms with Crippen LogP contribution in [0.5, 0.6) is 0 Å². The zero-order valence-corrected chi connectivity index (χ0v) is 14.6. The Labute approximate surface area is 152 Å². The molecule has 2 heterocycles. The molecule has 2 aromatic rings. The third-order valence-corrected chi connectivity index (χ3v) is 4.99. The Morgan fingerprint density at radius 3 is 2.69 bits per heavy atom. The minimum absolute atomic E-state index is 0.293. The number of fused-ring (bicyclic) bond motifs is 1. The van der Waals surface area contributed by atoms with Crippen molar-refractivity contribution in [2.24, 2.45) is 0 Å². The first-order chi connectivity index (χ1) is 12.7. The molecule has 0 spiro atoms. The number of hydrogen-bond acceptors (Lipinski definition) is 3. The highest BCUT2D eigenvalue weighted by Gasteiger charge is 2.15. The van der Waals surface area contributed by atoms with Crippen LogP contribution in [-0.2, 0) is 13.0 Å². The summed E-state index contributed by atoms with van der Waals surface area (Å²) in [6.45, 7) is 3.40. The average molecular weight is 351 g/mol. The van der Waals surface area contributed by atoms with Crippen molar-refractivity contribution < 1.29 is 9.18 Å². The molecule has 4 nitrogen and oxygen atoms in total. The molecule has 4 rings (SSSR count). The lowest BCUT2D eigenvalue weighted by molar-refractivity contribution is 0.102. The van der Waals surface area contributed by atoms with Crippen molar-refractivity contribution in [3.63, 3.8) is 0 Å². The topological polar surface area (TPSA) is 53.2 Å². The third-order valence-electron chi connectivity index (χ3n) is 4.99. The van der Waals surface area contributed by atoms with Crippen LogP contribution in [0.15, 0.2) is 42.5 Å². The van der Waals surface area contributed by atoms with Gasteiger partial charge in [0.05, 0.1) is 0 Å². The first-order valence-electron chi connectivity index (χ1n) is 9.04. The van der Waals surface area contributed by atoms with E-state index in [-0.39, 0.29) is 11.7 Å². The van der Waals surface area contributed by atoms with Gasteiger partial charge in [0.25, 0.3) is 5.91 Å². The maximum atomic E-state index is 14.5. The van der Waals surface area contributed by atoms with Gasteiger partial charge in [-0.3, -0.25) is 4.79 Å². The lowest BCUT2D eigenvalue weighted by Gasteiger charge is -2.18. The van der Waals surface area contributed by atoms with E-state index < -0.39 is 0 Å². The predicted octanol–water partition coefficient (Wildman–Crippen LogP) is 3.10. The molecule has 0 saturated heterocycles. The maximum absolute atomic E-state index is 14.5. The number of carbonyl (C=O) groups excluding carboxylic acids is 1. The molecule has 0 saturated carbocycles. The Kier molecular flexibility index (Phi) is 4.82. The maximum Gasteiger partial charge on any atom is 0.255 e. The lowest BCUT2D eigenvalue weighted by atomic mass is 9.98. The van der Waals surface area contributed by atoms with Crippen molar-refractivity contribution in [2.45, 2.75) is 19.4 Å².